The van der Waals surface area contributed by atoms with Crippen molar-refractivity contribution < 1.29 is 4.74 Å². The summed E-state index contributed by atoms with van der Waals surface area (Å²) in [7, 11) is 0. The van der Waals surface area contributed by atoms with Crippen molar-refractivity contribution in [3.05, 3.63) is 12.2 Å². The van der Waals surface area contributed by atoms with Gasteiger partial charge in [0.2, 0.25) is 0 Å². The predicted octanol–water partition coefficient (Wildman–Crippen LogP) is 4.93. The summed E-state index contributed by atoms with van der Waals surface area (Å²) in [6, 6.07) is 0. The quantitative estimate of drug-likeness (QED) is 0.744. The fourth-order valence-corrected chi connectivity index (χ4v) is 7.51. The Morgan fingerprint density at radius 2 is 1.92 bits per heavy atom. The van der Waals surface area contributed by atoms with Crippen LogP contribution in [0.1, 0.15) is 71.6 Å². The first-order valence-corrected chi connectivity index (χ1v) is 10.5. The van der Waals surface area contributed by atoms with Crippen molar-refractivity contribution in [2.75, 3.05) is 13.2 Å². The van der Waals surface area contributed by atoms with E-state index >= 15 is 0 Å². The molecule has 24 heavy (non-hydrogen) atoms. The largest absolute Gasteiger partial charge is 0.377 e. The maximum Gasteiger partial charge on any atom is 0.0592 e. The lowest BCUT2D eigenvalue weighted by molar-refractivity contribution is -0.125. The van der Waals surface area contributed by atoms with Crippen LogP contribution < -0.4 is 5.73 Å². The number of fused-ring (bicyclic) bond motifs is 5. The maximum atomic E-state index is 6.02. The van der Waals surface area contributed by atoms with Crippen LogP contribution in [0.3, 0.4) is 0 Å². The molecule has 2 N–H and O–H groups in total. The maximum absolute atomic E-state index is 6.02. The van der Waals surface area contributed by atoms with Gasteiger partial charge in [0.1, 0.15) is 0 Å². The van der Waals surface area contributed by atoms with Gasteiger partial charge in [0.25, 0.3) is 0 Å². The first kappa shape index (κ1) is 17.1. The van der Waals surface area contributed by atoms with E-state index in [0.29, 0.717) is 23.5 Å². The van der Waals surface area contributed by atoms with Gasteiger partial charge in [-0.1, -0.05) is 26.0 Å². The highest BCUT2D eigenvalue weighted by Crippen LogP contribution is 2.67. The first-order valence-electron chi connectivity index (χ1n) is 10.5. The Kier molecular flexibility index (Phi) is 4.36. The monoisotopic (exact) mass is 331 g/mol. The Morgan fingerprint density at radius 3 is 2.71 bits per heavy atom. The van der Waals surface area contributed by atoms with Crippen molar-refractivity contribution in [3.63, 3.8) is 0 Å². The second kappa shape index (κ2) is 6.13. The Labute approximate surface area is 148 Å². The highest BCUT2D eigenvalue weighted by molar-refractivity contribution is 5.21. The molecular formula is C22H37NO. The minimum atomic E-state index is 0.464. The average molecular weight is 332 g/mol. The van der Waals surface area contributed by atoms with Gasteiger partial charge in [-0.15, -0.1) is 0 Å². The average Bonchev–Trinajstić information content (AvgIpc) is 2.88. The summed E-state index contributed by atoms with van der Waals surface area (Å²) in [5, 5.41) is 0. The molecule has 0 aromatic heterocycles. The molecule has 2 nitrogen and oxygen atoms in total. The summed E-state index contributed by atoms with van der Waals surface area (Å²) in [4.78, 5) is 0. The number of hydrogen-bond acceptors (Lipinski definition) is 2. The van der Waals surface area contributed by atoms with E-state index in [1.807, 2.05) is 0 Å². The van der Waals surface area contributed by atoms with Gasteiger partial charge < -0.3 is 10.5 Å². The summed E-state index contributed by atoms with van der Waals surface area (Å²) < 4.78 is 6.02. The molecular weight excluding hydrogens is 294 g/mol. The van der Waals surface area contributed by atoms with Gasteiger partial charge in [-0.25, -0.2) is 0 Å². The number of ether oxygens (including phenoxy) is 1. The molecule has 0 aromatic rings. The number of hydrogen-bond donors (Lipinski definition) is 1. The molecule has 0 bridgehead atoms. The van der Waals surface area contributed by atoms with Crippen LogP contribution in [0, 0.1) is 34.5 Å². The Hall–Kier alpha value is -0.340. The van der Waals surface area contributed by atoms with Crippen LogP contribution in [0.15, 0.2) is 12.2 Å². The van der Waals surface area contributed by atoms with E-state index < -0.39 is 0 Å². The number of allylic oxidation sites excluding steroid dienone is 1. The van der Waals surface area contributed by atoms with E-state index in [4.69, 9.17) is 10.5 Å². The second-order valence-electron chi connectivity index (χ2n) is 9.81. The molecule has 4 unspecified atom stereocenters. The fourth-order valence-electron chi connectivity index (χ4n) is 7.51. The van der Waals surface area contributed by atoms with Gasteiger partial charge in [0.05, 0.1) is 12.7 Å². The Balaban J connectivity index is 1.51. The van der Waals surface area contributed by atoms with E-state index in [9.17, 15) is 0 Å². The van der Waals surface area contributed by atoms with Gasteiger partial charge in [-0.2, -0.15) is 0 Å². The predicted molar refractivity (Wildman–Crippen MR) is 99.7 cm³/mol. The van der Waals surface area contributed by atoms with Crippen molar-refractivity contribution in [2.24, 2.45) is 40.2 Å². The summed E-state index contributed by atoms with van der Waals surface area (Å²) >= 11 is 0. The van der Waals surface area contributed by atoms with Crippen LogP contribution in [-0.2, 0) is 4.74 Å². The van der Waals surface area contributed by atoms with Gasteiger partial charge in [-0.05, 0) is 92.3 Å². The van der Waals surface area contributed by atoms with E-state index in [0.717, 1.165) is 30.3 Å². The van der Waals surface area contributed by atoms with E-state index in [-0.39, 0.29) is 0 Å². The summed E-state index contributed by atoms with van der Waals surface area (Å²) in [5.74, 6) is 3.72. The molecule has 4 fully saturated rings. The third-order valence-electron chi connectivity index (χ3n) is 9.04. The summed E-state index contributed by atoms with van der Waals surface area (Å²) in [5.41, 5.74) is 8.23. The Morgan fingerprint density at radius 1 is 1.08 bits per heavy atom. The molecule has 2 heteroatoms. The topological polar surface area (TPSA) is 35.2 Å². The number of rotatable bonds is 3. The minimum Gasteiger partial charge on any atom is -0.377 e. The van der Waals surface area contributed by atoms with E-state index in [1.54, 1.807) is 5.57 Å². The molecule has 0 saturated heterocycles. The van der Waals surface area contributed by atoms with Crippen LogP contribution in [0.2, 0.25) is 0 Å². The van der Waals surface area contributed by atoms with Crippen LogP contribution >= 0.6 is 0 Å². The van der Waals surface area contributed by atoms with Crippen molar-refractivity contribution in [1.29, 1.82) is 0 Å². The SMILES string of the molecule is C=C1CCC2C3CCC4C[C@@H](OCCN)CC[C@]4(C)C3CC[C@]12C. The van der Waals surface area contributed by atoms with Crippen LogP contribution in [0.4, 0.5) is 0 Å². The van der Waals surface area contributed by atoms with Crippen LogP contribution in [0.5, 0.6) is 0 Å². The van der Waals surface area contributed by atoms with E-state index in [2.05, 4.69) is 20.4 Å². The molecule has 0 spiro atoms. The molecule has 4 aliphatic carbocycles. The molecule has 4 saturated carbocycles. The van der Waals surface area contributed by atoms with Crippen molar-refractivity contribution in [3.8, 4) is 0 Å². The Bertz CT molecular complexity index is 502. The van der Waals surface area contributed by atoms with E-state index in [1.165, 1.54) is 57.8 Å². The molecule has 0 radical (unpaired) electrons. The smallest absolute Gasteiger partial charge is 0.0592 e. The second-order valence-corrected chi connectivity index (χ2v) is 9.81. The van der Waals surface area contributed by atoms with Crippen molar-refractivity contribution in [1.82, 2.24) is 0 Å². The lowest BCUT2D eigenvalue weighted by Crippen LogP contribution is -2.53. The molecule has 7 atom stereocenters. The molecule has 0 heterocycles. The van der Waals surface area contributed by atoms with Gasteiger partial charge in [-0.3, -0.25) is 0 Å². The highest BCUT2D eigenvalue weighted by Gasteiger charge is 2.58. The molecule has 0 amide bonds. The number of nitrogens with two attached hydrogens (primary N) is 1. The zero-order valence-corrected chi connectivity index (χ0v) is 15.9. The third kappa shape index (κ3) is 2.43. The third-order valence-corrected chi connectivity index (χ3v) is 9.04. The normalized spacial score (nSPS) is 51.0. The standard InChI is InChI=1S/C22H37NO/c1-15-4-7-19-18-6-5-16-14-17(24-13-12-23)8-10-22(16,3)20(18)9-11-21(15,19)2/h16-20H,1,4-14,23H2,2-3H3/t16?,17-,18?,19?,20?,21+,22-/m0/s1. The van der Waals surface area contributed by atoms with Gasteiger partial charge in [0.15, 0.2) is 0 Å². The first-order chi connectivity index (χ1) is 11.5. The molecule has 0 aromatic carbocycles. The molecule has 4 aliphatic rings. The lowest BCUT2D eigenvalue weighted by Gasteiger charge is -2.60. The highest BCUT2D eigenvalue weighted by atomic mass is 16.5. The molecule has 136 valence electrons. The summed E-state index contributed by atoms with van der Waals surface area (Å²) in [6.45, 7) is 11.0. The van der Waals surface area contributed by atoms with Crippen LogP contribution in [-0.4, -0.2) is 19.3 Å². The van der Waals surface area contributed by atoms with Crippen molar-refractivity contribution >= 4 is 0 Å². The van der Waals surface area contributed by atoms with Crippen molar-refractivity contribution in [2.45, 2.75) is 77.7 Å². The molecule has 4 rings (SSSR count). The van der Waals surface area contributed by atoms with Gasteiger partial charge in [0, 0.05) is 6.54 Å². The summed E-state index contributed by atoms with van der Waals surface area (Å²) in [6.07, 6.45) is 12.8. The zero-order valence-electron chi connectivity index (χ0n) is 15.9. The molecule has 0 aliphatic heterocycles. The van der Waals surface area contributed by atoms with Crippen LogP contribution in [0.25, 0.3) is 0 Å². The lowest BCUT2D eigenvalue weighted by atomic mass is 9.45. The zero-order chi connectivity index (χ0) is 16.9. The fraction of sp³-hybridized carbons (Fsp3) is 0.909. The minimum absolute atomic E-state index is 0.464. The van der Waals surface area contributed by atoms with Gasteiger partial charge >= 0.3 is 0 Å².